The van der Waals surface area contributed by atoms with Gasteiger partial charge in [-0.05, 0) is 36.1 Å². The molecule has 6 heteroatoms. The van der Waals surface area contributed by atoms with Crippen LogP contribution >= 0.6 is 0 Å². The predicted molar refractivity (Wildman–Crippen MR) is 103 cm³/mol. The van der Waals surface area contributed by atoms with Gasteiger partial charge in [-0.25, -0.2) is 9.59 Å². The molecule has 0 bridgehead atoms. The molecule has 2 rings (SSSR count). The maximum atomic E-state index is 12.3. The molecule has 0 aromatic heterocycles. The summed E-state index contributed by atoms with van der Waals surface area (Å²) >= 11 is 0. The predicted octanol–water partition coefficient (Wildman–Crippen LogP) is 5.24. The summed E-state index contributed by atoms with van der Waals surface area (Å²) in [6.07, 6.45) is 5.25. The number of hydrogen-bond acceptors (Lipinski definition) is 6. The fourth-order valence-electron chi connectivity index (χ4n) is 2.91. The van der Waals surface area contributed by atoms with E-state index in [1.807, 2.05) is 12.1 Å². The molecule has 0 amide bonds. The van der Waals surface area contributed by atoms with Gasteiger partial charge in [0.25, 0.3) is 0 Å². The largest absolute Gasteiger partial charge is 0.376 e. The van der Waals surface area contributed by atoms with E-state index in [2.05, 4.69) is 33.7 Å². The number of unbranched alkanes of at least 4 members (excludes halogenated alkanes) is 1. The first kappa shape index (κ1) is 21.6. The van der Waals surface area contributed by atoms with Crippen LogP contribution < -0.4 is 0 Å². The highest BCUT2D eigenvalue weighted by Gasteiger charge is 2.17. The quantitative estimate of drug-likeness (QED) is 0.299. The molecule has 0 radical (unpaired) electrons. The maximum absolute atomic E-state index is 12.3. The summed E-state index contributed by atoms with van der Waals surface area (Å²) in [6.45, 7) is 4.32. The molecule has 0 saturated carbocycles. The van der Waals surface area contributed by atoms with Crippen LogP contribution in [0.5, 0.6) is 0 Å². The van der Waals surface area contributed by atoms with E-state index in [-0.39, 0.29) is 5.56 Å². The SMILES string of the molecule is CCCCC(CC)Cc1ccccc1C(=O)OOOOC(=O)c1ccccc1. The summed E-state index contributed by atoms with van der Waals surface area (Å²) in [5.74, 6) is -0.978. The van der Waals surface area contributed by atoms with Crippen molar-refractivity contribution in [2.45, 2.75) is 46.0 Å². The zero-order valence-electron chi connectivity index (χ0n) is 16.3. The molecule has 0 heterocycles. The third-order valence-corrected chi connectivity index (χ3v) is 4.55. The van der Waals surface area contributed by atoms with Crippen molar-refractivity contribution in [3.8, 4) is 0 Å². The average molecular weight is 386 g/mol. The van der Waals surface area contributed by atoms with Crippen LogP contribution in [0.3, 0.4) is 0 Å². The van der Waals surface area contributed by atoms with E-state index >= 15 is 0 Å². The van der Waals surface area contributed by atoms with E-state index in [0.29, 0.717) is 11.5 Å². The van der Waals surface area contributed by atoms with Crippen molar-refractivity contribution in [3.05, 3.63) is 71.3 Å². The fraction of sp³-hybridized carbons (Fsp3) is 0.364. The number of benzene rings is 2. The molecule has 0 spiro atoms. The lowest BCUT2D eigenvalue weighted by molar-refractivity contribution is -0.595. The molecule has 0 saturated heterocycles. The highest BCUT2D eigenvalue weighted by molar-refractivity contribution is 5.90. The van der Waals surface area contributed by atoms with E-state index in [1.54, 1.807) is 42.5 Å². The Bertz CT molecular complexity index is 744. The minimum atomic E-state index is -0.765. The van der Waals surface area contributed by atoms with Gasteiger partial charge in [-0.1, -0.05) is 75.9 Å². The smallest absolute Gasteiger partial charge is 0.260 e. The molecule has 1 atom stereocenters. The van der Waals surface area contributed by atoms with Crippen molar-refractivity contribution in [2.24, 2.45) is 5.92 Å². The summed E-state index contributed by atoms with van der Waals surface area (Å²) in [5, 5.41) is 8.55. The molecule has 28 heavy (non-hydrogen) atoms. The minimum absolute atomic E-state index is 0.278. The molecule has 6 nitrogen and oxygen atoms in total. The summed E-state index contributed by atoms with van der Waals surface area (Å²) < 4.78 is 0. The Labute approximate surface area is 165 Å². The Morgan fingerprint density at radius 2 is 1.50 bits per heavy atom. The lowest BCUT2D eigenvalue weighted by Gasteiger charge is -2.16. The van der Waals surface area contributed by atoms with Crippen molar-refractivity contribution in [2.75, 3.05) is 0 Å². The zero-order valence-corrected chi connectivity index (χ0v) is 16.3. The van der Waals surface area contributed by atoms with Gasteiger partial charge in [0, 0.05) is 10.1 Å². The standard InChI is InChI=1S/C22H26O6/c1-3-5-11-17(4-2)16-19-14-9-10-15-20(19)22(24)26-28-27-25-21(23)18-12-7-6-8-13-18/h6-10,12-15,17H,3-5,11,16H2,1-2H3. The van der Waals surface area contributed by atoms with Crippen LogP contribution in [0.25, 0.3) is 0 Å². The van der Waals surface area contributed by atoms with Crippen molar-refractivity contribution >= 4 is 11.9 Å². The van der Waals surface area contributed by atoms with Gasteiger partial charge >= 0.3 is 11.9 Å². The average Bonchev–Trinajstić information content (AvgIpc) is 2.74. The van der Waals surface area contributed by atoms with E-state index < -0.39 is 11.9 Å². The molecule has 1 unspecified atom stereocenters. The zero-order chi connectivity index (χ0) is 20.2. The van der Waals surface area contributed by atoms with Crippen LogP contribution in [0.15, 0.2) is 54.6 Å². The molecule has 0 N–H and O–H groups in total. The van der Waals surface area contributed by atoms with E-state index in [1.165, 1.54) is 0 Å². The highest BCUT2D eigenvalue weighted by Crippen LogP contribution is 2.21. The Hall–Kier alpha value is -2.70. The monoisotopic (exact) mass is 386 g/mol. The fourth-order valence-corrected chi connectivity index (χ4v) is 2.91. The summed E-state index contributed by atoms with van der Waals surface area (Å²) in [5.41, 5.74) is 1.57. The van der Waals surface area contributed by atoms with Crippen LogP contribution in [-0.2, 0) is 26.3 Å². The first-order chi connectivity index (χ1) is 13.7. The minimum Gasteiger partial charge on any atom is -0.260 e. The number of carbonyl (C=O) groups is 2. The summed E-state index contributed by atoms with van der Waals surface area (Å²) in [4.78, 5) is 33.0. The molecule has 0 fully saturated rings. The van der Waals surface area contributed by atoms with E-state index in [0.717, 1.165) is 37.7 Å². The van der Waals surface area contributed by atoms with Crippen LogP contribution in [0.2, 0.25) is 0 Å². The molecular formula is C22H26O6. The Balaban J connectivity index is 1.86. The van der Waals surface area contributed by atoms with Crippen LogP contribution in [-0.4, -0.2) is 11.9 Å². The van der Waals surface area contributed by atoms with Crippen molar-refractivity contribution in [1.82, 2.24) is 0 Å². The van der Waals surface area contributed by atoms with Crippen molar-refractivity contribution in [1.29, 1.82) is 0 Å². The maximum Gasteiger partial charge on any atom is 0.376 e. The van der Waals surface area contributed by atoms with Gasteiger partial charge in [-0.15, -0.1) is 0 Å². The van der Waals surface area contributed by atoms with Crippen molar-refractivity contribution in [3.63, 3.8) is 0 Å². The topological polar surface area (TPSA) is 71.1 Å². The summed E-state index contributed by atoms with van der Waals surface area (Å²) in [6, 6.07) is 15.4. The third-order valence-electron chi connectivity index (χ3n) is 4.55. The van der Waals surface area contributed by atoms with Gasteiger partial charge in [0.05, 0.1) is 11.1 Å². The van der Waals surface area contributed by atoms with E-state index in [4.69, 9.17) is 0 Å². The lowest BCUT2D eigenvalue weighted by Crippen LogP contribution is -2.13. The van der Waals surface area contributed by atoms with Gasteiger partial charge in [0.15, 0.2) is 0 Å². The molecule has 2 aromatic carbocycles. The van der Waals surface area contributed by atoms with E-state index in [9.17, 15) is 9.59 Å². The van der Waals surface area contributed by atoms with Gasteiger partial charge in [-0.2, -0.15) is 0 Å². The van der Waals surface area contributed by atoms with Gasteiger partial charge in [-0.3, -0.25) is 9.78 Å². The lowest BCUT2D eigenvalue weighted by atomic mass is 9.90. The second-order valence-corrected chi connectivity index (χ2v) is 6.52. The van der Waals surface area contributed by atoms with Crippen LogP contribution in [0.1, 0.15) is 65.8 Å². The molecular weight excluding hydrogens is 360 g/mol. The number of carbonyl (C=O) groups excluding carboxylic acids is 2. The van der Waals surface area contributed by atoms with Gasteiger partial charge < -0.3 is 0 Å². The third kappa shape index (κ3) is 6.79. The first-order valence-corrected chi connectivity index (χ1v) is 9.55. The van der Waals surface area contributed by atoms with Gasteiger partial charge in [0.2, 0.25) is 0 Å². The van der Waals surface area contributed by atoms with Crippen molar-refractivity contribution < 1.29 is 29.4 Å². The number of rotatable bonds is 11. The molecule has 2 aromatic rings. The van der Waals surface area contributed by atoms with Gasteiger partial charge in [0.1, 0.15) is 0 Å². The number of hydrogen-bond donors (Lipinski definition) is 0. The Morgan fingerprint density at radius 3 is 2.18 bits per heavy atom. The molecule has 0 aliphatic carbocycles. The summed E-state index contributed by atoms with van der Waals surface area (Å²) in [7, 11) is 0. The normalized spacial score (nSPS) is 11.6. The second kappa shape index (κ2) is 11.9. The molecule has 150 valence electrons. The highest BCUT2D eigenvalue weighted by atomic mass is 17.7. The van der Waals surface area contributed by atoms with Crippen LogP contribution in [0.4, 0.5) is 0 Å². The first-order valence-electron chi connectivity index (χ1n) is 9.55. The molecule has 0 aliphatic heterocycles. The van der Waals surface area contributed by atoms with Crippen LogP contribution in [0, 0.1) is 5.92 Å². The second-order valence-electron chi connectivity index (χ2n) is 6.52. The Kier molecular flexibility index (Phi) is 9.18. The Morgan fingerprint density at radius 1 is 0.857 bits per heavy atom. The molecule has 0 aliphatic rings.